The van der Waals surface area contributed by atoms with Gasteiger partial charge in [-0.05, 0) is 56.7 Å². The highest BCUT2D eigenvalue weighted by molar-refractivity contribution is 7.71. The van der Waals surface area contributed by atoms with E-state index in [0.29, 0.717) is 5.92 Å². The van der Waals surface area contributed by atoms with Gasteiger partial charge in [0.15, 0.2) is 4.77 Å². The molecule has 1 aliphatic rings. The molecule has 0 radical (unpaired) electrons. The second-order valence-corrected chi connectivity index (χ2v) is 6.24. The molecule has 1 N–H and O–H groups in total. The number of aromatic amines is 1. The average molecular weight is 296 g/mol. The zero-order chi connectivity index (χ0) is 13.4. The van der Waals surface area contributed by atoms with Gasteiger partial charge in [0.05, 0.1) is 16.1 Å². The van der Waals surface area contributed by atoms with Gasteiger partial charge in [0.25, 0.3) is 0 Å². The van der Waals surface area contributed by atoms with Crippen LogP contribution in [0.5, 0.6) is 0 Å². The van der Waals surface area contributed by atoms with Gasteiger partial charge in [-0.3, -0.25) is 0 Å². The summed E-state index contributed by atoms with van der Waals surface area (Å²) in [6.45, 7) is 3.33. The summed E-state index contributed by atoms with van der Waals surface area (Å²) in [5.74, 6) is 0.670. The molecule has 1 aromatic heterocycles. The standard InChI is InChI=1S/C14H18ClN3S/c1-17-7-3-4-10(8-17)9-18-12-6-2-5-11(15)13(12)16-14(18)19/h2,5-6,10H,3-4,7-9H2,1H3,(H,16,19). The second-order valence-electron chi connectivity index (χ2n) is 5.45. The Hall–Kier alpha value is -0.840. The molecule has 102 valence electrons. The monoisotopic (exact) mass is 295 g/mol. The van der Waals surface area contributed by atoms with Crippen LogP contribution in [0.1, 0.15) is 12.8 Å². The third-order valence-corrected chi connectivity index (χ3v) is 4.56. The van der Waals surface area contributed by atoms with Crippen LogP contribution in [0.15, 0.2) is 18.2 Å². The van der Waals surface area contributed by atoms with Crippen molar-refractivity contribution in [2.75, 3.05) is 20.1 Å². The van der Waals surface area contributed by atoms with Gasteiger partial charge in [-0.15, -0.1) is 0 Å². The van der Waals surface area contributed by atoms with E-state index in [4.69, 9.17) is 23.8 Å². The maximum absolute atomic E-state index is 6.21. The van der Waals surface area contributed by atoms with Crippen LogP contribution in [0.3, 0.4) is 0 Å². The van der Waals surface area contributed by atoms with Crippen molar-refractivity contribution in [2.24, 2.45) is 5.92 Å². The van der Waals surface area contributed by atoms with Crippen LogP contribution in [0.25, 0.3) is 11.0 Å². The molecule has 2 aromatic rings. The quantitative estimate of drug-likeness (QED) is 0.854. The minimum Gasteiger partial charge on any atom is -0.329 e. The maximum atomic E-state index is 6.21. The summed E-state index contributed by atoms with van der Waals surface area (Å²) in [5.41, 5.74) is 2.07. The SMILES string of the molecule is CN1CCCC(Cn2c(=S)[nH]c3c(Cl)cccc32)C1. The Morgan fingerprint density at radius 2 is 2.32 bits per heavy atom. The minimum atomic E-state index is 0.670. The Bertz CT molecular complexity index is 646. The van der Waals surface area contributed by atoms with E-state index in [0.717, 1.165) is 33.9 Å². The number of rotatable bonds is 2. The van der Waals surface area contributed by atoms with E-state index in [2.05, 4.69) is 27.6 Å². The number of nitrogens with zero attached hydrogens (tertiary/aromatic N) is 2. The molecule has 1 aliphatic heterocycles. The normalized spacial score (nSPS) is 21.1. The highest BCUT2D eigenvalue weighted by Crippen LogP contribution is 2.25. The highest BCUT2D eigenvalue weighted by Gasteiger charge is 2.19. The number of H-pyrrole nitrogens is 1. The molecular weight excluding hydrogens is 278 g/mol. The lowest BCUT2D eigenvalue weighted by molar-refractivity contribution is 0.195. The van der Waals surface area contributed by atoms with Crippen molar-refractivity contribution in [3.8, 4) is 0 Å². The number of benzene rings is 1. The van der Waals surface area contributed by atoms with Crippen molar-refractivity contribution in [2.45, 2.75) is 19.4 Å². The van der Waals surface area contributed by atoms with Gasteiger partial charge in [0.2, 0.25) is 0 Å². The number of hydrogen-bond acceptors (Lipinski definition) is 2. The van der Waals surface area contributed by atoms with E-state index in [1.54, 1.807) is 0 Å². The summed E-state index contributed by atoms with van der Waals surface area (Å²) in [6.07, 6.45) is 2.55. The highest BCUT2D eigenvalue weighted by atomic mass is 35.5. The van der Waals surface area contributed by atoms with Crippen molar-refractivity contribution in [1.82, 2.24) is 14.5 Å². The first-order chi connectivity index (χ1) is 9.15. The molecule has 1 atom stereocenters. The summed E-state index contributed by atoms with van der Waals surface area (Å²) in [7, 11) is 2.19. The number of piperidine rings is 1. The van der Waals surface area contributed by atoms with Crippen molar-refractivity contribution in [1.29, 1.82) is 0 Å². The molecule has 1 aromatic carbocycles. The van der Waals surface area contributed by atoms with Crippen LogP contribution in [-0.2, 0) is 6.54 Å². The van der Waals surface area contributed by atoms with Crippen LogP contribution in [0.2, 0.25) is 5.02 Å². The first kappa shape index (κ1) is 13.2. The third kappa shape index (κ3) is 2.57. The van der Waals surface area contributed by atoms with Gasteiger partial charge in [-0.2, -0.15) is 0 Å². The van der Waals surface area contributed by atoms with E-state index in [-0.39, 0.29) is 0 Å². The predicted octanol–water partition coefficient (Wildman–Crippen LogP) is 3.69. The molecule has 1 unspecified atom stereocenters. The summed E-state index contributed by atoms with van der Waals surface area (Å²) in [5, 5.41) is 0.739. The Balaban J connectivity index is 1.94. The molecule has 3 rings (SSSR count). The number of hydrogen-bond donors (Lipinski definition) is 1. The maximum Gasteiger partial charge on any atom is 0.178 e. The van der Waals surface area contributed by atoms with Gasteiger partial charge < -0.3 is 14.5 Å². The minimum absolute atomic E-state index is 0.670. The second kappa shape index (κ2) is 5.27. The molecule has 0 saturated carbocycles. The number of aromatic nitrogens is 2. The molecule has 0 bridgehead atoms. The zero-order valence-electron chi connectivity index (χ0n) is 11.0. The molecule has 0 spiro atoms. The summed E-state index contributed by atoms with van der Waals surface area (Å²) < 4.78 is 2.97. The van der Waals surface area contributed by atoms with Crippen LogP contribution < -0.4 is 0 Å². The number of likely N-dealkylation sites (tertiary alicyclic amines) is 1. The molecule has 1 fully saturated rings. The van der Waals surface area contributed by atoms with Crippen LogP contribution in [-0.4, -0.2) is 34.6 Å². The lowest BCUT2D eigenvalue weighted by Gasteiger charge is -2.29. The topological polar surface area (TPSA) is 24.0 Å². The van der Waals surface area contributed by atoms with Gasteiger partial charge >= 0.3 is 0 Å². The summed E-state index contributed by atoms with van der Waals surface area (Å²) >= 11 is 11.7. The summed E-state index contributed by atoms with van der Waals surface area (Å²) in [6, 6.07) is 5.96. The van der Waals surface area contributed by atoms with Gasteiger partial charge in [-0.25, -0.2) is 0 Å². The Morgan fingerprint density at radius 3 is 3.11 bits per heavy atom. The fraction of sp³-hybridized carbons (Fsp3) is 0.500. The van der Waals surface area contributed by atoms with Crippen molar-refractivity contribution >= 4 is 34.9 Å². The van der Waals surface area contributed by atoms with Crippen molar-refractivity contribution in [3.63, 3.8) is 0 Å². The zero-order valence-corrected chi connectivity index (χ0v) is 12.6. The van der Waals surface area contributed by atoms with Crippen LogP contribution >= 0.6 is 23.8 Å². The van der Waals surface area contributed by atoms with E-state index in [1.165, 1.54) is 19.4 Å². The van der Waals surface area contributed by atoms with E-state index >= 15 is 0 Å². The molecule has 19 heavy (non-hydrogen) atoms. The molecular formula is C14H18ClN3S. The number of nitrogens with one attached hydrogen (secondary N) is 1. The predicted molar refractivity (Wildman–Crippen MR) is 82.4 cm³/mol. The Labute approximate surface area is 123 Å². The fourth-order valence-corrected chi connectivity index (χ4v) is 3.50. The number of fused-ring (bicyclic) bond motifs is 1. The first-order valence-electron chi connectivity index (χ1n) is 6.70. The molecule has 0 aliphatic carbocycles. The lowest BCUT2D eigenvalue weighted by Crippen LogP contribution is -2.34. The smallest absolute Gasteiger partial charge is 0.178 e. The van der Waals surface area contributed by atoms with E-state index < -0.39 is 0 Å². The number of imidazole rings is 1. The molecule has 0 amide bonds. The molecule has 5 heteroatoms. The van der Waals surface area contributed by atoms with Gasteiger partial charge in [-0.1, -0.05) is 17.7 Å². The van der Waals surface area contributed by atoms with E-state index in [1.807, 2.05) is 12.1 Å². The van der Waals surface area contributed by atoms with E-state index in [9.17, 15) is 0 Å². The van der Waals surface area contributed by atoms with Gasteiger partial charge in [0, 0.05) is 13.1 Å². The Morgan fingerprint density at radius 1 is 1.47 bits per heavy atom. The Kier molecular flexibility index (Phi) is 3.65. The largest absolute Gasteiger partial charge is 0.329 e. The van der Waals surface area contributed by atoms with Gasteiger partial charge in [0.1, 0.15) is 0 Å². The summed E-state index contributed by atoms with van der Waals surface area (Å²) in [4.78, 5) is 5.63. The number of halogens is 1. The average Bonchev–Trinajstić information content (AvgIpc) is 2.69. The lowest BCUT2D eigenvalue weighted by atomic mass is 9.98. The molecule has 2 heterocycles. The first-order valence-corrected chi connectivity index (χ1v) is 7.49. The van der Waals surface area contributed by atoms with Crippen molar-refractivity contribution in [3.05, 3.63) is 28.0 Å². The third-order valence-electron chi connectivity index (χ3n) is 3.92. The van der Waals surface area contributed by atoms with Crippen LogP contribution in [0.4, 0.5) is 0 Å². The molecule has 1 saturated heterocycles. The molecule has 3 nitrogen and oxygen atoms in total. The fourth-order valence-electron chi connectivity index (χ4n) is 3.01. The van der Waals surface area contributed by atoms with Crippen LogP contribution in [0, 0.1) is 10.7 Å². The number of para-hydroxylation sites is 1. The van der Waals surface area contributed by atoms with Crippen molar-refractivity contribution < 1.29 is 0 Å².